The molecule has 0 aliphatic carbocycles. The number of rotatable bonds is 4. The zero-order valence-corrected chi connectivity index (χ0v) is 15.7. The van der Waals surface area contributed by atoms with Gasteiger partial charge >= 0.3 is 5.97 Å². The molecule has 3 aromatic carbocycles. The highest BCUT2D eigenvalue weighted by atomic mass is 16.7. The number of aliphatic imine (C=N–C) groups is 1. The number of hydrogen-bond acceptors (Lipinski definition) is 5. The van der Waals surface area contributed by atoms with Crippen LogP contribution >= 0.6 is 0 Å². The van der Waals surface area contributed by atoms with E-state index >= 15 is 0 Å². The minimum absolute atomic E-state index is 0.359. The first kappa shape index (κ1) is 17.8. The van der Waals surface area contributed by atoms with E-state index in [4.69, 9.17) is 14.6 Å². The Kier molecular flexibility index (Phi) is 4.57. The van der Waals surface area contributed by atoms with E-state index in [1.165, 1.54) is 12.2 Å². The number of aryl methyl sites for hydroxylation is 1. The summed E-state index contributed by atoms with van der Waals surface area (Å²) >= 11 is 0. The van der Waals surface area contributed by atoms with Crippen molar-refractivity contribution in [1.29, 1.82) is 0 Å². The standard InChI is InChI=1S/C23H20N2O3/c1-17-13-15-18(16-14-17)21-24-23(22(26)27-2,19-9-5-3-6-10-19)25(28-21)20-11-7-4-8-12-20/h3-16H,1-2H3/t23-/m0/s1. The molecule has 0 radical (unpaired) electrons. The summed E-state index contributed by atoms with van der Waals surface area (Å²) in [6, 6.07) is 26.5. The van der Waals surface area contributed by atoms with Crippen molar-refractivity contribution in [2.75, 3.05) is 12.2 Å². The first-order chi connectivity index (χ1) is 13.6. The van der Waals surface area contributed by atoms with E-state index in [9.17, 15) is 4.79 Å². The third kappa shape index (κ3) is 2.91. The van der Waals surface area contributed by atoms with Crippen LogP contribution in [0.25, 0.3) is 0 Å². The fourth-order valence-electron chi connectivity index (χ4n) is 3.22. The van der Waals surface area contributed by atoms with Crippen LogP contribution in [0.3, 0.4) is 0 Å². The van der Waals surface area contributed by atoms with Gasteiger partial charge in [-0.05, 0) is 31.2 Å². The Morgan fingerprint density at radius 2 is 1.54 bits per heavy atom. The van der Waals surface area contributed by atoms with Gasteiger partial charge in [0.15, 0.2) is 0 Å². The predicted octanol–water partition coefficient (Wildman–Crippen LogP) is 4.22. The summed E-state index contributed by atoms with van der Waals surface area (Å²) in [5, 5.41) is 1.52. The van der Waals surface area contributed by atoms with Crippen molar-refractivity contribution in [2.45, 2.75) is 12.6 Å². The van der Waals surface area contributed by atoms with Gasteiger partial charge in [-0.25, -0.2) is 9.79 Å². The summed E-state index contributed by atoms with van der Waals surface area (Å²) in [5.74, 6) is -0.164. The fraction of sp³-hybridized carbons (Fsp3) is 0.130. The maximum absolute atomic E-state index is 13.1. The average Bonchev–Trinajstić information content (AvgIpc) is 3.17. The molecule has 1 aliphatic rings. The molecule has 28 heavy (non-hydrogen) atoms. The van der Waals surface area contributed by atoms with E-state index in [0.717, 1.165) is 11.1 Å². The second-order valence-electron chi connectivity index (χ2n) is 6.53. The van der Waals surface area contributed by atoms with E-state index in [2.05, 4.69) is 0 Å². The minimum atomic E-state index is -1.47. The third-order valence-corrected chi connectivity index (χ3v) is 4.67. The molecule has 0 aromatic heterocycles. The van der Waals surface area contributed by atoms with E-state index in [0.29, 0.717) is 17.1 Å². The number of carbonyl (C=O) groups excluding carboxylic acids is 1. The fourth-order valence-corrected chi connectivity index (χ4v) is 3.22. The molecular weight excluding hydrogens is 352 g/mol. The van der Waals surface area contributed by atoms with Crippen molar-refractivity contribution >= 4 is 17.6 Å². The van der Waals surface area contributed by atoms with Crippen LogP contribution in [-0.2, 0) is 20.0 Å². The van der Waals surface area contributed by atoms with Gasteiger partial charge < -0.3 is 9.57 Å². The zero-order chi connectivity index (χ0) is 19.6. The van der Waals surface area contributed by atoms with Gasteiger partial charge in [0.05, 0.1) is 12.8 Å². The van der Waals surface area contributed by atoms with Gasteiger partial charge in [-0.2, -0.15) is 5.06 Å². The molecule has 1 heterocycles. The summed E-state index contributed by atoms with van der Waals surface area (Å²) < 4.78 is 5.18. The first-order valence-electron chi connectivity index (χ1n) is 8.99. The molecule has 1 aliphatic heterocycles. The molecule has 4 rings (SSSR count). The number of para-hydroxylation sites is 1. The van der Waals surface area contributed by atoms with Crippen molar-refractivity contribution in [1.82, 2.24) is 0 Å². The summed E-state index contributed by atoms with van der Waals surface area (Å²) in [5.41, 5.74) is 1.80. The second kappa shape index (κ2) is 7.19. The maximum Gasteiger partial charge on any atom is 0.363 e. The quantitative estimate of drug-likeness (QED) is 0.644. The Bertz CT molecular complexity index is 1000. The number of nitrogens with zero attached hydrogens (tertiary/aromatic N) is 2. The van der Waals surface area contributed by atoms with Gasteiger partial charge in [0.2, 0.25) is 0 Å². The molecule has 0 saturated heterocycles. The number of hydrogen-bond donors (Lipinski definition) is 0. The maximum atomic E-state index is 13.1. The second-order valence-corrected chi connectivity index (χ2v) is 6.53. The lowest BCUT2D eigenvalue weighted by Gasteiger charge is -2.32. The lowest BCUT2D eigenvalue weighted by molar-refractivity contribution is -0.148. The smallest absolute Gasteiger partial charge is 0.363 e. The number of ether oxygens (including phenoxy) is 1. The van der Waals surface area contributed by atoms with Crippen LogP contribution in [0.5, 0.6) is 0 Å². The molecule has 1 atom stereocenters. The number of hydroxylamine groups is 1. The van der Waals surface area contributed by atoms with Crippen LogP contribution in [0.15, 0.2) is 89.9 Å². The van der Waals surface area contributed by atoms with Crippen LogP contribution in [-0.4, -0.2) is 19.0 Å². The lowest BCUT2D eigenvalue weighted by Crippen LogP contribution is -2.48. The van der Waals surface area contributed by atoms with E-state index in [1.807, 2.05) is 91.9 Å². The van der Waals surface area contributed by atoms with Gasteiger partial charge in [0.25, 0.3) is 11.6 Å². The van der Waals surface area contributed by atoms with Crippen LogP contribution in [0.4, 0.5) is 5.69 Å². The topological polar surface area (TPSA) is 51.1 Å². The van der Waals surface area contributed by atoms with E-state index in [-0.39, 0.29) is 0 Å². The number of benzene rings is 3. The Labute approximate surface area is 163 Å². The molecule has 0 amide bonds. The monoisotopic (exact) mass is 372 g/mol. The summed E-state index contributed by atoms with van der Waals surface area (Å²) in [4.78, 5) is 24.0. The molecule has 0 N–H and O–H groups in total. The molecule has 0 spiro atoms. The normalized spacial score (nSPS) is 18.4. The molecular formula is C23H20N2O3. The summed E-state index contributed by atoms with van der Waals surface area (Å²) in [7, 11) is 1.36. The van der Waals surface area contributed by atoms with Crippen LogP contribution in [0.2, 0.25) is 0 Å². The number of anilines is 1. The Morgan fingerprint density at radius 3 is 2.14 bits per heavy atom. The number of esters is 1. The largest absolute Gasteiger partial charge is 0.465 e. The molecule has 0 fully saturated rings. The predicted molar refractivity (Wildman–Crippen MR) is 108 cm³/mol. The number of carbonyl (C=O) groups is 1. The molecule has 0 saturated carbocycles. The number of methoxy groups -OCH3 is 1. The molecule has 5 heteroatoms. The van der Waals surface area contributed by atoms with Gasteiger partial charge in [0, 0.05) is 11.1 Å². The van der Waals surface area contributed by atoms with Crippen LogP contribution in [0, 0.1) is 6.92 Å². The highest BCUT2D eigenvalue weighted by molar-refractivity contribution is 6.01. The van der Waals surface area contributed by atoms with E-state index < -0.39 is 11.6 Å². The van der Waals surface area contributed by atoms with Crippen molar-refractivity contribution in [2.24, 2.45) is 4.99 Å². The van der Waals surface area contributed by atoms with Crippen LogP contribution in [0.1, 0.15) is 16.7 Å². The molecule has 0 unspecified atom stereocenters. The highest BCUT2D eigenvalue weighted by Gasteiger charge is 2.54. The van der Waals surface area contributed by atoms with Crippen molar-refractivity contribution in [3.05, 3.63) is 102 Å². The molecule has 5 nitrogen and oxygen atoms in total. The van der Waals surface area contributed by atoms with Gasteiger partial charge in [-0.1, -0.05) is 66.2 Å². The minimum Gasteiger partial charge on any atom is -0.465 e. The van der Waals surface area contributed by atoms with Gasteiger partial charge in [0.1, 0.15) is 0 Å². The molecule has 3 aromatic rings. The molecule has 140 valence electrons. The van der Waals surface area contributed by atoms with Gasteiger partial charge in [-0.3, -0.25) is 0 Å². The van der Waals surface area contributed by atoms with Crippen molar-refractivity contribution in [3.63, 3.8) is 0 Å². The Morgan fingerprint density at radius 1 is 0.929 bits per heavy atom. The first-order valence-corrected chi connectivity index (χ1v) is 8.99. The van der Waals surface area contributed by atoms with Crippen LogP contribution < -0.4 is 5.06 Å². The third-order valence-electron chi connectivity index (χ3n) is 4.67. The zero-order valence-electron chi connectivity index (χ0n) is 15.7. The lowest BCUT2D eigenvalue weighted by atomic mass is 9.98. The summed E-state index contributed by atoms with van der Waals surface area (Å²) in [6.45, 7) is 2.01. The molecule has 0 bridgehead atoms. The van der Waals surface area contributed by atoms with Gasteiger partial charge in [-0.15, -0.1) is 0 Å². The van der Waals surface area contributed by atoms with Crippen molar-refractivity contribution < 1.29 is 14.4 Å². The Balaban J connectivity index is 1.93. The SMILES string of the molecule is COC(=O)[C@@]1(c2ccccc2)N=C(c2ccc(C)cc2)ON1c1ccccc1. The summed E-state index contributed by atoms with van der Waals surface area (Å²) in [6.07, 6.45) is 0. The average molecular weight is 372 g/mol. The highest BCUT2D eigenvalue weighted by Crippen LogP contribution is 2.41. The Hall–Kier alpha value is -3.60. The van der Waals surface area contributed by atoms with Crippen molar-refractivity contribution in [3.8, 4) is 0 Å². The van der Waals surface area contributed by atoms with E-state index in [1.54, 1.807) is 0 Å².